The number of rotatable bonds is 6. The smallest absolute Gasteiger partial charge is 0.311 e. The molecule has 1 N–H and O–H groups in total. The molecule has 142 valence electrons. The topological polar surface area (TPSA) is 75.7 Å². The quantitative estimate of drug-likeness (QED) is 0.784. The van der Waals surface area contributed by atoms with E-state index in [1.54, 1.807) is 4.90 Å². The third-order valence-corrected chi connectivity index (χ3v) is 4.19. The Morgan fingerprint density at radius 2 is 1.96 bits per heavy atom. The summed E-state index contributed by atoms with van der Waals surface area (Å²) in [6.45, 7) is 4.94. The average Bonchev–Trinajstić information content (AvgIpc) is 2.64. The van der Waals surface area contributed by atoms with Gasteiger partial charge in [0.25, 0.3) is 11.8 Å². The molecule has 2 rings (SSSR count). The summed E-state index contributed by atoms with van der Waals surface area (Å²) in [5.74, 6) is -1.58. The number of halogens is 1. The number of nitrogens with zero attached hydrogens (tertiary/aromatic N) is 1. The molecule has 0 aliphatic carbocycles. The van der Waals surface area contributed by atoms with Crippen molar-refractivity contribution in [2.24, 2.45) is 11.8 Å². The van der Waals surface area contributed by atoms with Gasteiger partial charge in [-0.3, -0.25) is 14.4 Å². The summed E-state index contributed by atoms with van der Waals surface area (Å²) in [7, 11) is 0. The lowest BCUT2D eigenvalue weighted by molar-refractivity contribution is -0.153. The predicted molar refractivity (Wildman–Crippen MR) is 93.8 cm³/mol. The average molecular weight is 364 g/mol. The highest BCUT2D eigenvalue weighted by Gasteiger charge is 2.30. The molecular formula is C19H25FN2O4. The van der Waals surface area contributed by atoms with E-state index in [1.165, 1.54) is 24.3 Å². The van der Waals surface area contributed by atoms with Crippen LogP contribution in [0.4, 0.5) is 4.39 Å². The molecule has 0 spiro atoms. The summed E-state index contributed by atoms with van der Waals surface area (Å²) in [5.41, 5.74) is 0.383. The van der Waals surface area contributed by atoms with Gasteiger partial charge < -0.3 is 15.0 Å². The standard InChI is InChI=1S/C19H25FN2O4/c1-13(2)10-21-17(23)12-26-19(25)15-4-3-9-22(11-15)18(24)14-5-7-16(20)8-6-14/h5-8,13,15H,3-4,9-12H2,1-2H3,(H,21,23). The SMILES string of the molecule is CC(C)CNC(=O)COC(=O)C1CCCN(C(=O)c2ccc(F)cc2)C1. The van der Waals surface area contributed by atoms with Crippen LogP contribution in [0.3, 0.4) is 0 Å². The lowest BCUT2D eigenvalue weighted by Crippen LogP contribution is -2.43. The van der Waals surface area contributed by atoms with E-state index in [-0.39, 0.29) is 25.0 Å². The Bertz CT molecular complexity index is 645. The molecule has 1 atom stereocenters. The van der Waals surface area contributed by atoms with E-state index >= 15 is 0 Å². The molecule has 0 aromatic heterocycles. The van der Waals surface area contributed by atoms with Gasteiger partial charge in [0.05, 0.1) is 5.92 Å². The number of carbonyl (C=O) groups is 3. The molecule has 1 aliphatic heterocycles. The van der Waals surface area contributed by atoms with Crippen molar-refractivity contribution in [1.29, 1.82) is 0 Å². The number of benzene rings is 1. The lowest BCUT2D eigenvalue weighted by atomic mass is 9.97. The van der Waals surface area contributed by atoms with E-state index in [1.807, 2.05) is 13.8 Å². The molecule has 1 aromatic carbocycles. The Balaban J connectivity index is 1.85. The fourth-order valence-corrected chi connectivity index (χ4v) is 2.75. The van der Waals surface area contributed by atoms with Crippen LogP contribution in [-0.2, 0) is 14.3 Å². The Hall–Kier alpha value is -2.44. The number of hydrogen-bond acceptors (Lipinski definition) is 4. The van der Waals surface area contributed by atoms with E-state index in [0.717, 1.165) is 0 Å². The number of esters is 1. The van der Waals surface area contributed by atoms with Gasteiger partial charge >= 0.3 is 5.97 Å². The summed E-state index contributed by atoms with van der Waals surface area (Å²) in [6.07, 6.45) is 1.28. The van der Waals surface area contributed by atoms with Crippen LogP contribution in [0.2, 0.25) is 0 Å². The minimum Gasteiger partial charge on any atom is -0.455 e. The second-order valence-corrected chi connectivity index (χ2v) is 6.90. The fourth-order valence-electron chi connectivity index (χ4n) is 2.75. The number of likely N-dealkylation sites (tertiary alicyclic amines) is 1. The third kappa shape index (κ3) is 5.82. The normalized spacial score (nSPS) is 17.1. The zero-order valence-corrected chi connectivity index (χ0v) is 15.2. The van der Waals surface area contributed by atoms with Gasteiger partial charge in [0.2, 0.25) is 0 Å². The van der Waals surface area contributed by atoms with E-state index in [0.29, 0.717) is 37.4 Å². The molecule has 1 saturated heterocycles. The highest BCUT2D eigenvalue weighted by molar-refractivity contribution is 5.94. The molecule has 0 bridgehead atoms. The maximum absolute atomic E-state index is 13.0. The molecule has 0 saturated carbocycles. The Labute approximate surface area is 152 Å². The number of hydrogen-bond donors (Lipinski definition) is 1. The van der Waals surface area contributed by atoms with Crippen molar-refractivity contribution in [2.75, 3.05) is 26.2 Å². The summed E-state index contributed by atoms with van der Waals surface area (Å²) >= 11 is 0. The Kier molecular flexibility index (Phi) is 7.12. The third-order valence-electron chi connectivity index (χ3n) is 4.19. The first kappa shape index (κ1) is 19.9. The number of nitrogens with one attached hydrogen (secondary N) is 1. The number of amides is 2. The van der Waals surface area contributed by atoms with Gasteiger partial charge in [-0.2, -0.15) is 0 Å². The van der Waals surface area contributed by atoms with Gasteiger partial charge in [-0.25, -0.2) is 4.39 Å². The van der Waals surface area contributed by atoms with E-state index in [2.05, 4.69) is 5.32 Å². The minimum atomic E-state index is -0.471. The Morgan fingerprint density at radius 3 is 2.62 bits per heavy atom. The molecule has 0 radical (unpaired) electrons. The zero-order valence-electron chi connectivity index (χ0n) is 15.2. The van der Waals surface area contributed by atoms with Crippen molar-refractivity contribution in [1.82, 2.24) is 10.2 Å². The first-order valence-electron chi connectivity index (χ1n) is 8.85. The van der Waals surface area contributed by atoms with Crippen molar-refractivity contribution in [3.63, 3.8) is 0 Å². The molecule has 1 unspecified atom stereocenters. The van der Waals surface area contributed by atoms with Gasteiger partial charge in [0, 0.05) is 25.2 Å². The highest BCUT2D eigenvalue weighted by Crippen LogP contribution is 2.20. The van der Waals surface area contributed by atoms with Crippen LogP contribution in [0.25, 0.3) is 0 Å². The van der Waals surface area contributed by atoms with Crippen molar-refractivity contribution in [3.8, 4) is 0 Å². The van der Waals surface area contributed by atoms with Crippen LogP contribution >= 0.6 is 0 Å². The molecular weight excluding hydrogens is 339 g/mol. The van der Waals surface area contributed by atoms with Crippen LogP contribution in [0.5, 0.6) is 0 Å². The van der Waals surface area contributed by atoms with Crippen LogP contribution in [-0.4, -0.2) is 48.9 Å². The van der Waals surface area contributed by atoms with Gasteiger partial charge in [0.15, 0.2) is 6.61 Å². The zero-order chi connectivity index (χ0) is 19.1. The molecule has 2 amide bonds. The molecule has 1 aromatic rings. The Morgan fingerprint density at radius 1 is 1.27 bits per heavy atom. The monoisotopic (exact) mass is 364 g/mol. The van der Waals surface area contributed by atoms with E-state index < -0.39 is 17.7 Å². The molecule has 1 aliphatic rings. The lowest BCUT2D eigenvalue weighted by Gasteiger charge is -2.31. The first-order valence-corrected chi connectivity index (χ1v) is 8.85. The second-order valence-electron chi connectivity index (χ2n) is 6.90. The van der Waals surface area contributed by atoms with Crippen LogP contribution in [0.15, 0.2) is 24.3 Å². The summed E-state index contributed by atoms with van der Waals surface area (Å²) in [5, 5.41) is 2.68. The van der Waals surface area contributed by atoms with Gasteiger partial charge in [0.1, 0.15) is 5.82 Å². The highest BCUT2D eigenvalue weighted by atomic mass is 19.1. The van der Waals surface area contributed by atoms with E-state index in [4.69, 9.17) is 4.74 Å². The molecule has 1 fully saturated rings. The number of piperidine rings is 1. The van der Waals surface area contributed by atoms with Gasteiger partial charge in [-0.15, -0.1) is 0 Å². The van der Waals surface area contributed by atoms with E-state index in [9.17, 15) is 18.8 Å². The molecule has 6 nitrogen and oxygen atoms in total. The van der Waals surface area contributed by atoms with Crippen LogP contribution in [0.1, 0.15) is 37.0 Å². The van der Waals surface area contributed by atoms with Crippen molar-refractivity contribution < 1.29 is 23.5 Å². The van der Waals surface area contributed by atoms with Crippen LogP contribution in [0, 0.1) is 17.7 Å². The van der Waals surface area contributed by atoms with Gasteiger partial charge in [-0.05, 0) is 43.0 Å². The fraction of sp³-hybridized carbons (Fsp3) is 0.526. The maximum atomic E-state index is 13.0. The van der Waals surface area contributed by atoms with Crippen molar-refractivity contribution in [3.05, 3.63) is 35.6 Å². The molecule has 7 heteroatoms. The van der Waals surface area contributed by atoms with Crippen molar-refractivity contribution >= 4 is 17.8 Å². The summed E-state index contributed by atoms with van der Waals surface area (Å²) < 4.78 is 18.1. The molecule has 26 heavy (non-hydrogen) atoms. The second kappa shape index (κ2) is 9.31. The van der Waals surface area contributed by atoms with Crippen LogP contribution < -0.4 is 5.32 Å². The van der Waals surface area contributed by atoms with Crippen molar-refractivity contribution in [2.45, 2.75) is 26.7 Å². The largest absolute Gasteiger partial charge is 0.455 e. The predicted octanol–water partition coefficient (Wildman–Crippen LogP) is 1.99. The maximum Gasteiger partial charge on any atom is 0.311 e. The number of ether oxygens (including phenoxy) is 1. The summed E-state index contributed by atoms with van der Waals surface area (Å²) in [4.78, 5) is 37.9. The molecule has 1 heterocycles. The minimum absolute atomic E-state index is 0.239. The summed E-state index contributed by atoms with van der Waals surface area (Å²) in [6, 6.07) is 5.33. The number of carbonyl (C=O) groups excluding carboxylic acids is 3. The van der Waals surface area contributed by atoms with Gasteiger partial charge in [-0.1, -0.05) is 13.8 Å². The first-order chi connectivity index (χ1) is 12.4.